The Kier molecular flexibility index (Phi) is 7.46. The van der Waals surface area contributed by atoms with E-state index >= 15 is 4.39 Å². The predicted molar refractivity (Wildman–Crippen MR) is 151 cm³/mol. The number of hydrogen-bond donors (Lipinski definition) is 1. The summed E-state index contributed by atoms with van der Waals surface area (Å²) >= 11 is 6.20. The van der Waals surface area contributed by atoms with Crippen LogP contribution in [0.5, 0.6) is 0 Å². The SMILES string of the molecule is COC(=O)c1cccc(CN(C)C(=O)C(F)(C2CCc3c([nH]c4ccc(Cl)cc34)C2)S(=O)(=O)c2ccccc2)c1. The van der Waals surface area contributed by atoms with Crippen molar-refractivity contribution in [1.29, 1.82) is 0 Å². The van der Waals surface area contributed by atoms with Crippen molar-refractivity contribution in [3.63, 3.8) is 0 Å². The number of nitrogens with one attached hydrogen (secondary N) is 1. The third kappa shape index (κ3) is 4.77. The number of nitrogens with zero attached hydrogens (tertiary/aromatic N) is 1. The van der Waals surface area contributed by atoms with E-state index in [2.05, 4.69) is 4.98 Å². The van der Waals surface area contributed by atoms with Crippen molar-refractivity contribution in [1.82, 2.24) is 9.88 Å². The largest absolute Gasteiger partial charge is 0.465 e. The number of amides is 1. The van der Waals surface area contributed by atoms with Crippen LogP contribution in [0.25, 0.3) is 10.9 Å². The van der Waals surface area contributed by atoms with Gasteiger partial charge in [0, 0.05) is 41.1 Å². The summed E-state index contributed by atoms with van der Waals surface area (Å²) in [5.74, 6) is -2.86. The van der Waals surface area contributed by atoms with Gasteiger partial charge in [0.2, 0.25) is 9.84 Å². The molecule has 0 saturated heterocycles. The number of aromatic amines is 1. The summed E-state index contributed by atoms with van der Waals surface area (Å²) in [6.45, 7) is -0.109. The highest BCUT2D eigenvalue weighted by atomic mass is 35.5. The summed E-state index contributed by atoms with van der Waals surface area (Å²) in [5.41, 5.74) is 3.26. The van der Waals surface area contributed by atoms with E-state index in [9.17, 15) is 18.0 Å². The van der Waals surface area contributed by atoms with Gasteiger partial charge in [-0.25, -0.2) is 17.6 Å². The highest BCUT2D eigenvalue weighted by molar-refractivity contribution is 7.93. The lowest BCUT2D eigenvalue weighted by atomic mass is 9.83. The van der Waals surface area contributed by atoms with Gasteiger partial charge in [-0.2, -0.15) is 0 Å². The number of aromatic nitrogens is 1. The van der Waals surface area contributed by atoms with Crippen molar-refractivity contribution < 1.29 is 27.1 Å². The van der Waals surface area contributed by atoms with E-state index in [1.165, 1.54) is 44.5 Å². The summed E-state index contributed by atoms with van der Waals surface area (Å²) in [5, 5.41) is -1.77. The topological polar surface area (TPSA) is 96.5 Å². The number of carbonyl (C=O) groups excluding carboxylic acids is 2. The van der Waals surface area contributed by atoms with E-state index in [0.29, 0.717) is 22.7 Å². The molecule has 4 aromatic rings. The normalized spacial score (nSPS) is 16.6. The van der Waals surface area contributed by atoms with Gasteiger partial charge >= 0.3 is 5.97 Å². The van der Waals surface area contributed by atoms with Gasteiger partial charge in [0.15, 0.2) is 0 Å². The number of halogens is 2. The van der Waals surface area contributed by atoms with Crippen LogP contribution in [0.15, 0.2) is 77.7 Å². The molecule has 0 bridgehead atoms. The molecule has 1 N–H and O–H groups in total. The Morgan fingerprint density at radius 2 is 1.85 bits per heavy atom. The molecule has 1 amide bonds. The zero-order valence-electron chi connectivity index (χ0n) is 22.0. The highest BCUT2D eigenvalue weighted by Gasteiger charge is 2.59. The zero-order valence-corrected chi connectivity index (χ0v) is 23.6. The third-order valence-corrected chi connectivity index (χ3v) is 9.94. The van der Waals surface area contributed by atoms with Crippen molar-refractivity contribution in [2.75, 3.05) is 14.2 Å². The second kappa shape index (κ2) is 10.7. The van der Waals surface area contributed by atoms with Crippen LogP contribution in [0, 0.1) is 5.92 Å². The lowest BCUT2D eigenvalue weighted by Crippen LogP contribution is -2.55. The smallest absolute Gasteiger partial charge is 0.337 e. The standard InChI is InChI=1S/C30H28ClFN2O5S/c1-34(18-19-7-6-8-20(15-19)28(35)39-2)29(36)30(32,40(37,38)23-9-4-3-5-10-23)21-11-13-24-25-17-22(31)12-14-26(25)33-27(24)16-21/h3-10,12,14-15,17,21,33H,11,13,16,18H2,1-2H3. The average Bonchev–Trinajstić information content (AvgIpc) is 3.33. The Labute approximate surface area is 236 Å². The van der Waals surface area contributed by atoms with Crippen LogP contribution >= 0.6 is 11.6 Å². The van der Waals surface area contributed by atoms with Crippen LogP contribution in [0.4, 0.5) is 4.39 Å². The minimum atomic E-state index is -4.77. The molecule has 7 nitrogen and oxygen atoms in total. The lowest BCUT2D eigenvalue weighted by Gasteiger charge is -2.37. The van der Waals surface area contributed by atoms with Crippen molar-refractivity contribution in [2.24, 2.45) is 5.92 Å². The molecule has 1 heterocycles. The van der Waals surface area contributed by atoms with Crippen LogP contribution < -0.4 is 0 Å². The maximum Gasteiger partial charge on any atom is 0.337 e. The Morgan fingerprint density at radius 1 is 1.10 bits per heavy atom. The second-order valence-corrected chi connectivity index (χ2v) is 12.5. The fourth-order valence-corrected chi connectivity index (χ4v) is 7.58. The number of methoxy groups -OCH3 is 1. The average molecular weight is 583 g/mol. The zero-order chi connectivity index (χ0) is 28.7. The maximum atomic E-state index is 17.5. The fourth-order valence-electron chi connectivity index (χ4n) is 5.52. The molecule has 5 rings (SSSR count). The molecule has 10 heteroatoms. The maximum absolute atomic E-state index is 17.5. The molecule has 0 radical (unpaired) electrons. The molecular formula is C30H28ClFN2O5S. The van der Waals surface area contributed by atoms with Crippen molar-refractivity contribution in [2.45, 2.75) is 35.7 Å². The molecule has 0 fully saturated rings. The molecular weight excluding hydrogens is 555 g/mol. The monoisotopic (exact) mass is 582 g/mol. The summed E-state index contributed by atoms with van der Waals surface area (Å²) < 4.78 is 50.1. The minimum absolute atomic E-state index is 0.0294. The first-order valence-corrected chi connectivity index (χ1v) is 14.6. The Balaban J connectivity index is 1.53. The van der Waals surface area contributed by atoms with Gasteiger partial charge in [-0.3, -0.25) is 4.79 Å². The predicted octanol–water partition coefficient (Wildman–Crippen LogP) is 5.51. The number of alkyl halides is 1. The Bertz CT molecular complexity index is 1710. The van der Waals surface area contributed by atoms with Crippen molar-refractivity contribution >= 4 is 44.2 Å². The van der Waals surface area contributed by atoms with Gasteiger partial charge in [0.25, 0.3) is 10.9 Å². The second-order valence-electron chi connectivity index (χ2n) is 10.0. The molecule has 2 atom stereocenters. The number of carbonyl (C=O) groups is 2. The molecule has 1 aliphatic carbocycles. The number of ether oxygens (including phenoxy) is 1. The van der Waals surface area contributed by atoms with Crippen LogP contribution in [0.2, 0.25) is 5.02 Å². The molecule has 1 aliphatic rings. The van der Waals surface area contributed by atoms with Gasteiger partial charge in [-0.05, 0) is 72.9 Å². The summed E-state index contributed by atoms with van der Waals surface area (Å²) in [4.78, 5) is 30.0. The number of H-pyrrole nitrogens is 1. The molecule has 208 valence electrons. The van der Waals surface area contributed by atoms with E-state index in [1.54, 1.807) is 30.3 Å². The van der Waals surface area contributed by atoms with Crippen molar-refractivity contribution in [3.8, 4) is 0 Å². The van der Waals surface area contributed by atoms with Crippen LogP contribution in [-0.2, 0) is 38.8 Å². The number of aryl methyl sites for hydroxylation is 1. The Morgan fingerprint density at radius 3 is 2.58 bits per heavy atom. The first-order valence-electron chi connectivity index (χ1n) is 12.8. The first kappa shape index (κ1) is 27.9. The van der Waals surface area contributed by atoms with Gasteiger partial charge in [-0.15, -0.1) is 0 Å². The summed E-state index contributed by atoms with van der Waals surface area (Å²) in [7, 11) is -2.15. The number of rotatable bonds is 7. The van der Waals surface area contributed by atoms with Gasteiger partial charge in [0.05, 0.1) is 17.6 Å². The number of sulfone groups is 1. The molecule has 40 heavy (non-hydrogen) atoms. The highest BCUT2D eigenvalue weighted by Crippen LogP contribution is 2.44. The van der Waals surface area contributed by atoms with Gasteiger partial charge < -0.3 is 14.6 Å². The van der Waals surface area contributed by atoms with Crippen LogP contribution in [0.1, 0.15) is 33.6 Å². The quantitative estimate of drug-likeness (QED) is 0.290. The number of esters is 1. The summed E-state index contributed by atoms with van der Waals surface area (Å²) in [6.07, 6.45) is 0.558. The fraction of sp³-hybridized carbons (Fsp3) is 0.267. The van der Waals surface area contributed by atoms with Crippen LogP contribution in [0.3, 0.4) is 0 Å². The van der Waals surface area contributed by atoms with Crippen LogP contribution in [-0.4, -0.2) is 49.3 Å². The summed E-state index contributed by atoms with van der Waals surface area (Å²) in [6, 6.07) is 19.0. The van der Waals surface area contributed by atoms with Crippen molar-refractivity contribution in [3.05, 3.63) is 100 Å². The molecule has 0 spiro atoms. The van der Waals surface area contributed by atoms with E-state index in [0.717, 1.165) is 21.4 Å². The molecule has 1 aromatic heterocycles. The number of fused-ring (bicyclic) bond motifs is 3. The van der Waals surface area contributed by atoms with E-state index < -0.39 is 32.6 Å². The van der Waals surface area contributed by atoms with E-state index in [-0.39, 0.29) is 29.8 Å². The number of benzene rings is 3. The minimum Gasteiger partial charge on any atom is -0.465 e. The molecule has 0 saturated carbocycles. The number of hydrogen-bond acceptors (Lipinski definition) is 5. The Hall–Kier alpha value is -3.69. The molecule has 2 unspecified atom stereocenters. The molecule has 0 aliphatic heterocycles. The van der Waals surface area contributed by atoms with E-state index in [4.69, 9.17) is 16.3 Å². The first-order chi connectivity index (χ1) is 19.1. The molecule has 3 aromatic carbocycles. The van der Waals surface area contributed by atoms with Gasteiger partial charge in [-0.1, -0.05) is 41.9 Å². The third-order valence-electron chi connectivity index (χ3n) is 7.53. The lowest BCUT2D eigenvalue weighted by molar-refractivity contribution is -0.141. The van der Waals surface area contributed by atoms with E-state index in [1.807, 2.05) is 12.1 Å². The van der Waals surface area contributed by atoms with Gasteiger partial charge in [0.1, 0.15) is 0 Å².